The lowest BCUT2D eigenvalue weighted by Crippen LogP contribution is -2.16. The molecular formula is C15H6Cl2F6O2. The van der Waals surface area contributed by atoms with Gasteiger partial charge in [0.15, 0.2) is 23.3 Å². The van der Waals surface area contributed by atoms with Crippen molar-refractivity contribution < 1.29 is 36.2 Å². The van der Waals surface area contributed by atoms with E-state index in [1.807, 2.05) is 0 Å². The molecule has 0 aliphatic heterocycles. The van der Waals surface area contributed by atoms with Gasteiger partial charge in [-0.1, -0.05) is 11.6 Å². The summed E-state index contributed by atoms with van der Waals surface area (Å²) in [7, 11) is 0. The van der Waals surface area contributed by atoms with Gasteiger partial charge in [-0.25, -0.2) is 26.3 Å². The number of halogens is 8. The molecule has 2 nitrogen and oxygen atoms in total. The summed E-state index contributed by atoms with van der Waals surface area (Å²) in [5.41, 5.74) is -2.61. The van der Waals surface area contributed by atoms with Gasteiger partial charge in [0.2, 0.25) is 5.82 Å². The maximum Gasteiger partial charge on any atom is 0.321 e. The predicted octanol–water partition coefficient (Wildman–Crippen LogP) is 5.08. The number of hydrogen-bond donors (Lipinski definition) is 1. The molecule has 0 saturated carbocycles. The summed E-state index contributed by atoms with van der Waals surface area (Å²) in [4.78, 5) is 10.8. The van der Waals surface area contributed by atoms with Crippen molar-refractivity contribution in [3.05, 3.63) is 57.6 Å². The van der Waals surface area contributed by atoms with Gasteiger partial charge < -0.3 is 5.11 Å². The van der Waals surface area contributed by atoms with Gasteiger partial charge in [0.25, 0.3) is 0 Å². The number of hydrogen-bond acceptors (Lipinski definition) is 1. The predicted molar refractivity (Wildman–Crippen MR) is 77.6 cm³/mol. The third kappa shape index (κ3) is 3.55. The van der Waals surface area contributed by atoms with Crippen LogP contribution in [-0.4, -0.2) is 16.5 Å². The normalized spacial score (nSPS) is 12.3. The number of rotatable bonds is 4. The van der Waals surface area contributed by atoms with Crippen molar-refractivity contribution in [2.75, 3.05) is 0 Å². The third-order valence-corrected chi connectivity index (χ3v) is 3.98. The van der Waals surface area contributed by atoms with Crippen molar-refractivity contribution in [2.45, 2.75) is 11.8 Å². The summed E-state index contributed by atoms with van der Waals surface area (Å²) >= 11 is 11.2. The van der Waals surface area contributed by atoms with Crippen LogP contribution < -0.4 is 0 Å². The molecule has 0 amide bonds. The number of carboxylic acids is 1. The van der Waals surface area contributed by atoms with Gasteiger partial charge in [-0.15, -0.1) is 11.6 Å². The zero-order valence-corrected chi connectivity index (χ0v) is 13.3. The third-order valence-electron chi connectivity index (χ3n) is 3.28. The molecule has 0 fully saturated rings. The van der Waals surface area contributed by atoms with E-state index >= 15 is 0 Å². The quantitative estimate of drug-likeness (QED) is 0.335. The minimum atomic E-state index is -2.39. The Labute approximate surface area is 146 Å². The van der Waals surface area contributed by atoms with Crippen LogP contribution in [0.3, 0.4) is 0 Å². The maximum absolute atomic E-state index is 14.0. The van der Waals surface area contributed by atoms with Gasteiger partial charge in [-0.05, 0) is 17.7 Å². The Bertz CT molecular complexity index is 843. The molecule has 2 aromatic carbocycles. The smallest absolute Gasteiger partial charge is 0.321 e. The van der Waals surface area contributed by atoms with Crippen LogP contribution in [0.5, 0.6) is 0 Å². The molecule has 0 radical (unpaired) electrons. The van der Waals surface area contributed by atoms with E-state index < -0.39 is 63.8 Å². The molecule has 0 saturated heterocycles. The van der Waals surface area contributed by atoms with Gasteiger partial charge in [-0.3, -0.25) is 4.79 Å². The molecule has 0 spiro atoms. The Morgan fingerprint density at radius 1 is 0.960 bits per heavy atom. The highest BCUT2D eigenvalue weighted by Gasteiger charge is 2.29. The Hall–Kier alpha value is -1.93. The van der Waals surface area contributed by atoms with Crippen molar-refractivity contribution in [1.29, 1.82) is 0 Å². The first-order valence-electron chi connectivity index (χ1n) is 6.42. The zero-order chi connectivity index (χ0) is 19.0. The topological polar surface area (TPSA) is 37.3 Å². The van der Waals surface area contributed by atoms with E-state index in [1.54, 1.807) is 0 Å². The van der Waals surface area contributed by atoms with E-state index in [4.69, 9.17) is 28.3 Å². The van der Waals surface area contributed by atoms with Crippen molar-refractivity contribution >= 4 is 29.2 Å². The van der Waals surface area contributed by atoms with Crippen LogP contribution in [0.2, 0.25) is 5.02 Å². The van der Waals surface area contributed by atoms with Crippen LogP contribution in [0.15, 0.2) is 12.1 Å². The first-order chi connectivity index (χ1) is 11.6. The van der Waals surface area contributed by atoms with E-state index in [-0.39, 0.29) is 10.6 Å². The molecule has 0 bridgehead atoms. The number of carbonyl (C=O) groups is 1. The minimum absolute atomic E-state index is 0.149. The van der Waals surface area contributed by atoms with Crippen LogP contribution in [0, 0.1) is 34.9 Å². The van der Waals surface area contributed by atoms with Crippen molar-refractivity contribution in [3.8, 4) is 11.1 Å². The Morgan fingerprint density at radius 3 is 1.92 bits per heavy atom. The van der Waals surface area contributed by atoms with E-state index in [9.17, 15) is 31.1 Å². The minimum Gasteiger partial charge on any atom is -0.480 e. The summed E-state index contributed by atoms with van der Waals surface area (Å²) in [5.74, 6) is -14.2. The molecule has 0 aliphatic rings. The average Bonchev–Trinajstić information content (AvgIpc) is 2.54. The average molecular weight is 403 g/mol. The Morgan fingerprint density at radius 2 is 1.44 bits per heavy atom. The highest BCUT2D eigenvalue weighted by molar-refractivity contribution is 6.32. The Balaban J connectivity index is 2.71. The first kappa shape index (κ1) is 19.4. The van der Waals surface area contributed by atoms with E-state index in [2.05, 4.69) is 0 Å². The fourth-order valence-corrected chi connectivity index (χ4v) is 2.46. The van der Waals surface area contributed by atoms with Gasteiger partial charge >= 0.3 is 5.97 Å². The van der Waals surface area contributed by atoms with Crippen LogP contribution in [-0.2, 0) is 11.2 Å². The summed E-state index contributed by atoms with van der Waals surface area (Å²) in [6.07, 6.45) is -0.474. The lowest BCUT2D eigenvalue weighted by Gasteiger charge is -2.13. The summed E-state index contributed by atoms with van der Waals surface area (Å²) in [6.45, 7) is 0. The fourth-order valence-electron chi connectivity index (χ4n) is 2.06. The molecule has 25 heavy (non-hydrogen) atoms. The second-order valence-corrected chi connectivity index (χ2v) is 5.81. The second-order valence-electron chi connectivity index (χ2n) is 4.88. The monoisotopic (exact) mass is 402 g/mol. The number of benzene rings is 2. The van der Waals surface area contributed by atoms with Crippen molar-refractivity contribution in [1.82, 2.24) is 0 Å². The molecule has 10 heteroatoms. The molecule has 1 N–H and O–H groups in total. The molecule has 2 aromatic rings. The lowest BCUT2D eigenvalue weighted by atomic mass is 9.98. The van der Waals surface area contributed by atoms with Crippen LogP contribution in [0.25, 0.3) is 11.1 Å². The van der Waals surface area contributed by atoms with E-state index in [1.165, 1.54) is 0 Å². The number of alkyl halides is 1. The van der Waals surface area contributed by atoms with Crippen molar-refractivity contribution in [3.63, 3.8) is 0 Å². The molecule has 1 atom stereocenters. The number of carboxylic acid groups (broad SMARTS) is 1. The largest absolute Gasteiger partial charge is 0.480 e. The molecule has 0 aromatic heterocycles. The standard InChI is InChI=1S/C15H6Cl2F6O2/c16-6-3-8(18)5(1-4(6)2-7(17)15(24)25)9-10(19)12(21)14(23)13(22)11(9)20/h1,3,7H,2H2,(H,24,25)/t7-/m0/s1. The summed E-state index contributed by atoms with van der Waals surface area (Å²) in [6, 6.07) is 1.25. The van der Waals surface area contributed by atoms with Gasteiger partial charge in [0.1, 0.15) is 11.2 Å². The SMILES string of the molecule is O=C(O)[C@@H](Cl)Cc1cc(-c2c(F)c(F)c(F)c(F)c2F)c(F)cc1Cl. The van der Waals surface area contributed by atoms with Crippen LogP contribution in [0.1, 0.15) is 5.56 Å². The molecule has 2 rings (SSSR count). The Kier molecular flexibility index (Phi) is 5.53. The van der Waals surface area contributed by atoms with Gasteiger partial charge in [-0.2, -0.15) is 0 Å². The maximum atomic E-state index is 14.0. The van der Waals surface area contributed by atoms with E-state index in [0.29, 0.717) is 12.1 Å². The molecule has 0 unspecified atom stereocenters. The highest BCUT2D eigenvalue weighted by Crippen LogP contribution is 2.35. The molecule has 134 valence electrons. The first-order valence-corrected chi connectivity index (χ1v) is 7.24. The van der Waals surface area contributed by atoms with E-state index in [0.717, 1.165) is 0 Å². The van der Waals surface area contributed by atoms with Crippen molar-refractivity contribution in [2.24, 2.45) is 0 Å². The molecule has 0 heterocycles. The van der Waals surface area contributed by atoms with Gasteiger partial charge in [0, 0.05) is 17.0 Å². The lowest BCUT2D eigenvalue weighted by molar-refractivity contribution is -0.136. The van der Waals surface area contributed by atoms with Crippen LogP contribution in [0.4, 0.5) is 26.3 Å². The highest BCUT2D eigenvalue weighted by atomic mass is 35.5. The summed E-state index contributed by atoms with van der Waals surface area (Å²) < 4.78 is 81.4. The number of aliphatic carboxylic acids is 1. The second kappa shape index (κ2) is 7.13. The molecule has 0 aliphatic carbocycles. The fraction of sp³-hybridized carbons (Fsp3) is 0.133. The van der Waals surface area contributed by atoms with Crippen LogP contribution >= 0.6 is 23.2 Å². The zero-order valence-electron chi connectivity index (χ0n) is 11.8. The summed E-state index contributed by atoms with van der Waals surface area (Å²) in [5, 5.41) is 6.93. The van der Waals surface area contributed by atoms with Gasteiger partial charge in [0.05, 0.1) is 5.56 Å². The molecular weight excluding hydrogens is 397 g/mol.